The predicted octanol–water partition coefficient (Wildman–Crippen LogP) is 1.82. The van der Waals surface area contributed by atoms with E-state index in [1.165, 1.54) is 0 Å². The van der Waals surface area contributed by atoms with Crippen LogP contribution in [0.3, 0.4) is 0 Å². The molecule has 2 heterocycles. The third-order valence-electron chi connectivity index (χ3n) is 3.04. The van der Waals surface area contributed by atoms with E-state index in [4.69, 9.17) is 10.5 Å². The van der Waals surface area contributed by atoms with Crippen molar-refractivity contribution in [1.29, 1.82) is 0 Å². The van der Waals surface area contributed by atoms with Crippen molar-refractivity contribution < 1.29 is 4.74 Å². The standard InChI is InChI=1S/C13H15N5O/c1-3-5-10-15-11-8(6-4-7-9(11)19-2)12-16-13(14)17-18(10)12/h4,6-7H,3,5H2,1-2H3,(H2,14,17). The molecule has 0 spiro atoms. The Bertz CT molecular complexity index is 749. The van der Waals surface area contributed by atoms with Gasteiger partial charge in [0.2, 0.25) is 5.95 Å². The van der Waals surface area contributed by atoms with Crippen molar-refractivity contribution >= 4 is 22.5 Å². The first-order chi connectivity index (χ1) is 9.24. The lowest BCUT2D eigenvalue weighted by molar-refractivity contribution is 0.418. The van der Waals surface area contributed by atoms with Crippen LogP contribution in [0.15, 0.2) is 18.2 Å². The lowest BCUT2D eigenvalue weighted by Crippen LogP contribution is -2.04. The van der Waals surface area contributed by atoms with E-state index in [1.54, 1.807) is 11.6 Å². The molecule has 0 unspecified atom stereocenters. The molecule has 0 saturated carbocycles. The molecule has 0 aliphatic heterocycles. The van der Waals surface area contributed by atoms with Crippen LogP contribution in [0.4, 0.5) is 5.95 Å². The van der Waals surface area contributed by atoms with Gasteiger partial charge in [0.1, 0.15) is 17.1 Å². The molecule has 3 aromatic rings. The minimum Gasteiger partial charge on any atom is -0.494 e. The predicted molar refractivity (Wildman–Crippen MR) is 73.2 cm³/mol. The lowest BCUT2D eigenvalue weighted by Gasteiger charge is -2.08. The third-order valence-corrected chi connectivity index (χ3v) is 3.04. The Morgan fingerprint density at radius 2 is 2.16 bits per heavy atom. The highest BCUT2D eigenvalue weighted by Gasteiger charge is 2.14. The zero-order chi connectivity index (χ0) is 13.4. The van der Waals surface area contributed by atoms with Gasteiger partial charge in [-0.2, -0.15) is 9.50 Å². The molecule has 2 aromatic heterocycles. The molecule has 0 saturated heterocycles. The first-order valence-electron chi connectivity index (χ1n) is 6.22. The monoisotopic (exact) mass is 257 g/mol. The summed E-state index contributed by atoms with van der Waals surface area (Å²) in [5, 5.41) is 5.11. The zero-order valence-corrected chi connectivity index (χ0v) is 10.9. The van der Waals surface area contributed by atoms with Gasteiger partial charge >= 0.3 is 0 Å². The Morgan fingerprint density at radius 3 is 2.89 bits per heavy atom. The maximum absolute atomic E-state index is 5.72. The molecule has 0 atom stereocenters. The highest BCUT2D eigenvalue weighted by molar-refractivity contribution is 5.95. The van der Waals surface area contributed by atoms with Gasteiger partial charge in [0.25, 0.3) is 0 Å². The van der Waals surface area contributed by atoms with Crippen LogP contribution >= 0.6 is 0 Å². The van der Waals surface area contributed by atoms with E-state index in [1.807, 2.05) is 18.2 Å². The summed E-state index contributed by atoms with van der Waals surface area (Å²) < 4.78 is 7.09. The van der Waals surface area contributed by atoms with Crippen LogP contribution in [-0.2, 0) is 6.42 Å². The number of fused-ring (bicyclic) bond motifs is 3. The Morgan fingerprint density at radius 1 is 1.32 bits per heavy atom. The van der Waals surface area contributed by atoms with E-state index in [0.29, 0.717) is 0 Å². The van der Waals surface area contributed by atoms with Gasteiger partial charge in [-0.05, 0) is 18.6 Å². The Labute approximate surface area is 110 Å². The van der Waals surface area contributed by atoms with Gasteiger partial charge in [0.15, 0.2) is 5.65 Å². The molecule has 19 heavy (non-hydrogen) atoms. The highest BCUT2D eigenvalue weighted by atomic mass is 16.5. The molecule has 6 heteroatoms. The summed E-state index contributed by atoms with van der Waals surface area (Å²) in [5.41, 5.74) is 7.24. The maximum atomic E-state index is 5.72. The van der Waals surface area contributed by atoms with Crippen molar-refractivity contribution in [3.05, 3.63) is 24.0 Å². The highest BCUT2D eigenvalue weighted by Crippen LogP contribution is 2.27. The first-order valence-corrected chi connectivity index (χ1v) is 6.22. The van der Waals surface area contributed by atoms with E-state index >= 15 is 0 Å². The molecular formula is C13H15N5O. The summed E-state index contributed by atoms with van der Waals surface area (Å²) in [6.07, 6.45) is 1.79. The van der Waals surface area contributed by atoms with E-state index < -0.39 is 0 Å². The number of aromatic nitrogens is 4. The first kappa shape index (κ1) is 11.7. The van der Waals surface area contributed by atoms with Gasteiger partial charge in [-0.15, -0.1) is 5.10 Å². The number of methoxy groups -OCH3 is 1. The number of hydrogen-bond donors (Lipinski definition) is 1. The van der Waals surface area contributed by atoms with Crippen LogP contribution in [-0.4, -0.2) is 26.7 Å². The maximum Gasteiger partial charge on any atom is 0.240 e. The topological polar surface area (TPSA) is 78.3 Å². The van der Waals surface area contributed by atoms with Crippen molar-refractivity contribution in [2.75, 3.05) is 12.8 Å². The number of anilines is 1. The Kier molecular flexibility index (Phi) is 2.70. The molecule has 6 nitrogen and oxygen atoms in total. The molecule has 0 fully saturated rings. The average Bonchev–Trinajstić information content (AvgIpc) is 2.81. The van der Waals surface area contributed by atoms with Crippen molar-refractivity contribution in [2.45, 2.75) is 19.8 Å². The minimum atomic E-state index is 0.259. The van der Waals surface area contributed by atoms with Gasteiger partial charge < -0.3 is 10.5 Å². The molecule has 0 amide bonds. The average molecular weight is 257 g/mol. The van der Waals surface area contributed by atoms with Crippen LogP contribution in [0.2, 0.25) is 0 Å². The van der Waals surface area contributed by atoms with Crippen molar-refractivity contribution in [2.24, 2.45) is 0 Å². The van der Waals surface area contributed by atoms with Crippen LogP contribution in [0.5, 0.6) is 5.75 Å². The Hall–Kier alpha value is -2.37. The minimum absolute atomic E-state index is 0.259. The van der Waals surface area contributed by atoms with Gasteiger partial charge in [0.05, 0.1) is 7.11 Å². The van der Waals surface area contributed by atoms with Crippen LogP contribution in [0.1, 0.15) is 19.2 Å². The molecule has 3 rings (SSSR count). The summed E-state index contributed by atoms with van der Waals surface area (Å²) >= 11 is 0. The molecule has 0 aliphatic rings. The van der Waals surface area contributed by atoms with Crippen LogP contribution in [0.25, 0.3) is 16.6 Å². The molecule has 0 aliphatic carbocycles. The normalized spacial score (nSPS) is 11.3. The number of para-hydroxylation sites is 1. The van der Waals surface area contributed by atoms with Gasteiger partial charge in [-0.1, -0.05) is 13.0 Å². The van der Waals surface area contributed by atoms with E-state index in [-0.39, 0.29) is 5.95 Å². The number of nitrogens with zero attached hydrogens (tertiary/aromatic N) is 4. The van der Waals surface area contributed by atoms with Crippen molar-refractivity contribution in [1.82, 2.24) is 19.6 Å². The fourth-order valence-corrected chi connectivity index (χ4v) is 2.23. The summed E-state index contributed by atoms with van der Waals surface area (Å²) in [6.45, 7) is 2.10. The van der Waals surface area contributed by atoms with Crippen molar-refractivity contribution in [3.8, 4) is 5.75 Å². The molecular weight excluding hydrogens is 242 g/mol. The van der Waals surface area contributed by atoms with Crippen LogP contribution < -0.4 is 10.5 Å². The quantitative estimate of drug-likeness (QED) is 0.774. The second-order valence-electron chi connectivity index (χ2n) is 4.34. The molecule has 0 radical (unpaired) electrons. The number of hydrogen-bond acceptors (Lipinski definition) is 5. The number of ether oxygens (including phenoxy) is 1. The van der Waals surface area contributed by atoms with E-state index in [2.05, 4.69) is 22.0 Å². The summed E-state index contributed by atoms with van der Waals surface area (Å²) in [4.78, 5) is 8.95. The zero-order valence-electron chi connectivity index (χ0n) is 10.9. The van der Waals surface area contributed by atoms with Gasteiger partial charge in [-0.25, -0.2) is 4.98 Å². The summed E-state index contributed by atoms with van der Waals surface area (Å²) in [5.74, 6) is 1.84. The number of benzene rings is 1. The number of rotatable bonds is 3. The number of aryl methyl sites for hydroxylation is 1. The van der Waals surface area contributed by atoms with Crippen molar-refractivity contribution in [3.63, 3.8) is 0 Å². The van der Waals surface area contributed by atoms with E-state index in [0.717, 1.165) is 41.0 Å². The SMILES string of the molecule is CCCc1nc2c(OC)cccc2c2nc(N)nn12. The summed E-state index contributed by atoms with van der Waals surface area (Å²) in [6, 6.07) is 5.75. The fourth-order valence-electron chi connectivity index (χ4n) is 2.23. The molecule has 0 bridgehead atoms. The number of nitrogen functional groups attached to an aromatic ring is 1. The second-order valence-corrected chi connectivity index (χ2v) is 4.34. The largest absolute Gasteiger partial charge is 0.494 e. The fraction of sp³-hybridized carbons (Fsp3) is 0.308. The molecule has 98 valence electrons. The van der Waals surface area contributed by atoms with E-state index in [9.17, 15) is 0 Å². The van der Waals surface area contributed by atoms with Crippen LogP contribution in [0, 0.1) is 0 Å². The lowest BCUT2D eigenvalue weighted by atomic mass is 10.2. The Balaban J connectivity index is 2.45. The second kappa shape index (κ2) is 4.38. The molecule has 2 N–H and O–H groups in total. The smallest absolute Gasteiger partial charge is 0.240 e. The number of nitrogens with two attached hydrogens (primary N) is 1. The third kappa shape index (κ3) is 1.76. The summed E-state index contributed by atoms with van der Waals surface area (Å²) in [7, 11) is 1.64. The van der Waals surface area contributed by atoms with Gasteiger partial charge in [0, 0.05) is 11.8 Å². The molecule has 1 aromatic carbocycles. The van der Waals surface area contributed by atoms with Gasteiger partial charge in [-0.3, -0.25) is 0 Å².